The average Bonchev–Trinajstić information content (AvgIpc) is 2.97. The SMILES string of the molecule is COc1cc2oc(=O)sc2cc1C(=O)/C=C/c1ccc(N(C)C)cc1. The topological polar surface area (TPSA) is 59.8 Å². The van der Waals surface area contributed by atoms with Gasteiger partial charge in [-0.1, -0.05) is 29.5 Å². The van der Waals surface area contributed by atoms with Gasteiger partial charge in [0.25, 0.3) is 0 Å². The molecule has 0 saturated heterocycles. The highest BCUT2D eigenvalue weighted by Crippen LogP contribution is 2.28. The molecule has 1 heterocycles. The summed E-state index contributed by atoms with van der Waals surface area (Å²) in [4.78, 5) is 25.5. The second kappa shape index (κ2) is 6.94. The molecule has 25 heavy (non-hydrogen) atoms. The molecule has 2 aromatic carbocycles. The lowest BCUT2D eigenvalue weighted by Crippen LogP contribution is -2.07. The quantitative estimate of drug-likeness (QED) is 0.514. The van der Waals surface area contributed by atoms with E-state index in [9.17, 15) is 9.59 Å². The molecule has 0 aliphatic heterocycles. The van der Waals surface area contributed by atoms with Crippen molar-refractivity contribution in [3.8, 4) is 5.75 Å². The van der Waals surface area contributed by atoms with Gasteiger partial charge in [-0.05, 0) is 29.8 Å². The second-order valence-electron chi connectivity index (χ2n) is 5.64. The molecule has 6 heteroatoms. The zero-order valence-corrected chi connectivity index (χ0v) is 14.9. The molecule has 0 aliphatic rings. The molecule has 3 rings (SSSR count). The van der Waals surface area contributed by atoms with Gasteiger partial charge in [0.2, 0.25) is 0 Å². The van der Waals surface area contributed by atoms with Crippen LogP contribution in [0, 0.1) is 0 Å². The predicted octanol–water partition coefficient (Wildman–Crippen LogP) is 3.83. The van der Waals surface area contributed by atoms with Crippen molar-refractivity contribution in [1.82, 2.24) is 0 Å². The van der Waals surface area contributed by atoms with E-state index >= 15 is 0 Å². The van der Waals surface area contributed by atoms with E-state index in [-0.39, 0.29) is 5.78 Å². The van der Waals surface area contributed by atoms with Gasteiger partial charge in [-0.15, -0.1) is 0 Å². The molecule has 0 saturated carbocycles. The Morgan fingerprint density at radius 2 is 1.92 bits per heavy atom. The largest absolute Gasteiger partial charge is 0.496 e. The van der Waals surface area contributed by atoms with E-state index < -0.39 is 4.94 Å². The number of carbonyl (C=O) groups excluding carboxylic acids is 1. The Morgan fingerprint density at radius 3 is 2.56 bits per heavy atom. The van der Waals surface area contributed by atoms with E-state index in [1.165, 1.54) is 13.2 Å². The van der Waals surface area contributed by atoms with Crippen molar-refractivity contribution in [2.75, 3.05) is 26.1 Å². The maximum atomic E-state index is 12.5. The first-order valence-corrected chi connectivity index (χ1v) is 8.41. The smallest absolute Gasteiger partial charge is 0.396 e. The number of nitrogens with zero attached hydrogens (tertiary/aromatic N) is 1. The Hall–Kier alpha value is -2.86. The van der Waals surface area contributed by atoms with Crippen molar-refractivity contribution in [3.05, 3.63) is 63.3 Å². The first-order chi connectivity index (χ1) is 12.0. The lowest BCUT2D eigenvalue weighted by atomic mass is 10.1. The molecule has 0 radical (unpaired) electrons. The third-order valence-electron chi connectivity index (χ3n) is 3.75. The highest BCUT2D eigenvalue weighted by Gasteiger charge is 2.14. The molecule has 1 aromatic heterocycles. The Balaban J connectivity index is 1.89. The Bertz CT molecular complexity index is 996. The van der Waals surface area contributed by atoms with Crippen LogP contribution in [0.25, 0.3) is 16.4 Å². The standard InChI is InChI=1S/C19H17NO4S/c1-20(2)13-7-4-12(5-8-13)6-9-15(21)14-10-18-17(11-16(14)23-3)24-19(22)25-18/h4-11H,1-3H3/b9-6+. The Morgan fingerprint density at radius 1 is 1.20 bits per heavy atom. The molecule has 3 aromatic rings. The summed E-state index contributed by atoms with van der Waals surface area (Å²) in [5, 5.41) is 0. The first-order valence-electron chi connectivity index (χ1n) is 7.59. The van der Waals surface area contributed by atoms with Crippen molar-refractivity contribution < 1.29 is 13.9 Å². The van der Waals surface area contributed by atoms with Crippen LogP contribution < -0.4 is 14.6 Å². The van der Waals surface area contributed by atoms with Gasteiger partial charge in [0.15, 0.2) is 11.4 Å². The number of methoxy groups -OCH3 is 1. The van der Waals surface area contributed by atoms with Crippen LogP contribution >= 0.6 is 11.3 Å². The average molecular weight is 355 g/mol. The minimum absolute atomic E-state index is 0.198. The van der Waals surface area contributed by atoms with Gasteiger partial charge < -0.3 is 14.1 Å². The van der Waals surface area contributed by atoms with E-state index in [4.69, 9.17) is 9.15 Å². The number of ether oxygens (including phenoxy) is 1. The third-order valence-corrected chi connectivity index (χ3v) is 4.54. The summed E-state index contributed by atoms with van der Waals surface area (Å²) in [6.45, 7) is 0. The van der Waals surface area contributed by atoms with Crippen molar-refractivity contribution in [2.45, 2.75) is 0 Å². The summed E-state index contributed by atoms with van der Waals surface area (Å²) in [7, 11) is 5.42. The van der Waals surface area contributed by atoms with Crippen LogP contribution in [0.1, 0.15) is 15.9 Å². The molecule has 0 aliphatic carbocycles. The number of ketones is 1. The van der Waals surface area contributed by atoms with Crippen molar-refractivity contribution in [2.24, 2.45) is 0 Å². The zero-order chi connectivity index (χ0) is 18.0. The number of carbonyl (C=O) groups is 1. The summed E-state index contributed by atoms with van der Waals surface area (Å²) in [6, 6.07) is 11.1. The van der Waals surface area contributed by atoms with Crippen LogP contribution in [-0.2, 0) is 0 Å². The summed E-state index contributed by atoms with van der Waals surface area (Å²) in [5.41, 5.74) is 2.83. The summed E-state index contributed by atoms with van der Waals surface area (Å²) in [5.74, 6) is 0.183. The molecule has 0 unspecified atom stereocenters. The first kappa shape index (κ1) is 17.0. The van der Waals surface area contributed by atoms with Gasteiger partial charge in [-0.3, -0.25) is 4.79 Å². The predicted molar refractivity (Wildman–Crippen MR) is 101 cm³/mol. The molecule has 5 nitrogen and oxygen atoms in total. The monoisotopic (exact) mass is 355 g/mol. The fraction of sp³-hybridized carbons (Fsp3) is 0.158. The molecule has 0 bridgehead atoms. The third kappa shape index (κ3) is 3.64. The maximum Gasteiger partial charge on any atom is 0.396 e. The van der Waals surface area contributed by atoms with Crippen LogP contribution in [0.5, 0.6) is 5.75 Å². The van der Waals surface area contributed by atoms with Gasteiger partial charge in [0.1, 0.15) is 5.75 Å². The highest BCUT2D eigenvalue weighted by molar-refractivity contribution is 7.16. The second-order valence-corrected chi connectivity index (χ2v) is 6.61. The molecule has 0 fully saturated rings. The lowest BCUT2D eigenvalue weighted by molar-refractivity contribution is 0.104. The molecule has 0 amide bonds. The van der Waals surface area contributed by atoms with Crippen molar-refractivity contribution >= 4 is 39.2 Å². The fourth-order valence-electron chi connectivity index (χ4n) is 2.41. The fourth-order valence-corrected chi connectivity index (χ4v) is 3.10. The van der Waals surface area contributed by atoms with Gasteiger partial charge in [0.05, 0.1) is 17.4 Å². The molecule has 0 atom stereocenters. The van der Waals surface area contributed by atoms with Crippen LogP contribution in [0.4, 0.5) is 5.69 Å². The molecule has 128 valence electrons. The zero-order valence-electron chi connectivity index (χ0n) is 14.1. The van der Waals surface area contributed by atoms with E-state index in [2.05, 4.69) is 0 Å². The number of benzene rings is 2. The number of rotatable bonds is 5. The summed E-state index contributed by atoms with van der Waals surface area (Å²) < 4.78 is 10.9. The normalized spacial score (nSPS) is 11.2. The number of hydrogen-bond donors (Lipinski definition) is 0. The van der Waals surface area contributed by atoms with E-state index in [0.29, 0.717) is 21.6 Å². The lowest BCUT2D eigenvalue weighted by Gasteiger charge is -2.11. The highest BCUT2D eigenvalue weighted by atomic mass is 32.1. The van der Waals surface area contributed by atoms with E-state index in [1.54, 1.807) is 18.2 Å². The molecular weight excluding hydrogens is 338 g/mol. The maximum absolute atomic E-state index is 12.5. The van der Waals surface area contributed by atoms with Crippen molar-refractivity contribution in [1.29, 1.82) is 0 Å². The number of hydrogen-bond acceptors (Lipinski definition) is 6. The van der Waals surface area contributed by atoms with Crippen LogP contribution in [0.3, 0.4) is 0 Å². The van der Waals surface area contributed by atoms with Crippen LogP contribution in [0.2, 0.25) is 0 Å². The van der Waals surface area contributed by atoms with E-state index in [0.717, 1.165) is 22.6 Å². The molecule has 0 spiro atoms. The molecule has 0 N–H and O–H groups in total. The van der Waals surface area contributed by atoms with Crippen LogP contribution in [-0.4, -0.2) is 27.0 Å². The number of anilines is 1. The minimum Gasteiger partial charge on any atom is -0.496 e. The van der Waals surface area contributed by atoms with Gasteiger partial charge >= 0.3 is 4.94 Å². The van der Waals surface area contributed by atoms with Gasteiger partial charge in [-0.2, -0.15) is 0 Å². The van der Waals surface area contributed by atoms with Gasteiger partial charge in [0, 0.05) is 25.8 Å². The number of fused-ring (bicyclic) bond motifs is 1. The molecular formula is C19H17NO4S. The van der Waals surface area contributed by atoms with E-state index in [1.807, 2.05) is 43.3 Å². The van der Waals surface area contributed by atoms with Gasteiger partial charge in [-0.25, -0.2) is 4.79 Å². The number of allylic oxidation sites excluding steroid dienone is 1. The van der Waals surface area contributed by atoms with Crippen LogP contribution in [0.15, 0.2) is 51.7 Å². The minimum atomic E-state index is -0.404. The van der Waals surface area contributed by atoms with Crippen molar-refractivity contribution in [3.63, 3.8) is 0 Å². The summed E-state index contributed by atoms with van der Waals surface area (Å²) >= 11 is 0.963. The summed E-state index contributed by atoms with van der Waals surface area (Å²) in [6.07, 6.45) is 3.25. The Labute approximate surface area is 148 Å². The Kier molecular flexibility index (Phi) is 4.72.